The Labute approximate surface area is 189 Å². The zero-order valence-electron chi connectivity index (χ0n) is 18.5. The molecule has 3 aliphatic rings. The van der Waals surface area contributed by atoms with Crippen LogP contribution in [0.15, 0.2) is 54.3 Å². The van der Waals surface area contributed by atoms with Crippen molar-refractivity contribution in [2.45, 2.75) is 69.7 Å². The average molecular weight is 434 g/mol. The third-order valence-electron chi connectivity index (χ3n) is 7.09. The molecule has 0 aromatic heterocycles. The number of aryl methyl sites for hydroxylation is 1. The molecule has 0 radical (unpaired) electrons. The highest BCUT2D eigenvalue weighted by Gasteiger charge is 2.47. The first-order chi connectivity index (χ1) is 15.5. The van der Waals surface area contributed by atoms with E-state index < -0.39 is 6.10 Å². The van der Waals surface area contributed by atoms with E-state index >= 15 is 0 Å². The molecule has 5 heteroatoms. The minimum absolute atomic E-state index is 0.0662. The second-order valence-corrected chi connectivity index (χ2v) is 9.38. The number of rotatable bonds is 6. The van der Waals surface area contributed by atoms with E-state index in [1.54, 1.807) is 0 Å². The Hall–Kier alpha value is -2.63. The van der Waals surface area contributed by atoms with E-state index in [-0.39, 0.29) is 36.2 Å². The molecule has 0 saturated carbocycles. The number of nitrogens with zero attached hydrogens (tertiary/aromatic N) is 1. The minimum atomic E-state index is -0.578. The maximum atomic E-state index is 12.7. The maximum Gasteiger partial charge on any atom is 0.155 e. The van der Waals surface area contributed by atoms with Crippen LogP contribution in [0.5, 0.6) is 5.75 Å². The van der Waals surface area contributed by atoms with Crippen molar-refractivity contribution in [3.8, 4) is 5.75 Å². The first-order valence-corrected chi connectivity index (χ1v) is 11.7. The Kier molecular flexibility index (Phi) is 5.78. The van der Waals surface area contributed by atoms with Crippen molar-refractivity contribution in [3.05, 3.63) is 71.0 Å². The van der Waals surface area contributed by atoms with Crippen LogP contribution in [0.4, 0.5) is 0 Å². The number of ether oxygens (including phenoxy) is 1. The number of aliphatic hydroxyl groups is 2. The number of hydrogen-bond acceptors (Lipinski definition) is 5. The second kappa shape index (κ2) is 8.72. The van der Waals surface area contributed by atoms with Crippen LogP contribution in [-0.2, 0) is 11.2 Å². The maximum absolute atomic E-state index is 12.7. The van der Waals surface area contributed by atoms with Gasteiger partial charge in [-0.15, -0.1) is 0 Å². The summed E-state index contributed by atoms with van der Waals surface area (Å²) in [4.78, 5) is 14.9. The summed E-state index contributed by atoms with van der Waals surface area (Å²) in [7, 11) is 0. The number of fused-ring (bicyclic) bond motifs is 6. The molecular formula is C27H31NO4. The fourth-order valence-electron chi connectivity index (χ4n) is 5.61. The Morgan fingerprint density at radius 1 is 1.19 bits per heavy atom. The summed E-state index contributed by atoms with van der Waals surface area (Å²) in [6, 6.07) is 16.0. The topological polar surface area (TPSA) is 70.0 Å². The van der Waals surface area contributed by atoms with Gasteiger partial charge in [-0.05, 0) is 61.4 Å². The molecule has 0 amide bonds. The van der Waals surface area contributed by atoms with Crippen molar-refractivity contribution >= 4 is 11.4 Å². The molecule has 5 rings (SSSR count). The summed E-state index contributed by atoms with van der Waals surface area (Å²) >= 11 is 0. The molecule has 1 saturated heterocycles. The number of carbonyl (C=O) groups excluding carboxylic acids is 1. The molecule has 5 nitrogen and oxygen atoms in total. The fraction of sp³-hybridized carbons (Fsp3) is 0.444. The molecule has 0 spiro atoms. The molecule has 4 atom stereocenters. The molecule has 2 aliphatic heterocycles. The van der Waals surface area contributed by atoms with Gasteiger partial charge < -0.3 is 14.9 Å². The van der Waals surface area contributed by atoms with Gasteiger partial charge in [0.25, 0.3) is 0 Å². The molecule has 168 valence electrons. The summed E-state index contributed by atoms with van der Waals surface area (Å²) < 4.78 is 6.24. The molecule has 2 N–H and O–H groups in total. The normalized spacial score (nSPS) is 25.8. The lowest BCUT2D eigenvalue weighted by molar-refractivity contribution is -0.120. The predicted octanol–water partition coefficient (Wildman–Crippen LogP) is 4.60. The van der Waals surface area contributed by atoms with Crippen molar-refractivity contribution < 1.29 is 19.7 Å². The Morgan fingerprint density at radius 3 is 2.81 bits per heavy atom. The molecule has 1 fully saturated rings. The quantitative estimate of drug-likeness (QED) is 0.697. The highest BCUT2D eigenvalue weighted by molar-refractivity contribution is 5.92. The highest BCUT2D eigenvalue weighted by Crippen LogP contribution is 2.49. The standard InChI is InChI=1S/C27H31NO4/c1-17(6-5-9-18-7-3-2-4-8-18)32-20-10-11-21-22(16-20)26-23(14-19(29)15-25(26)31)28-13-12-24(30)27(21)28/h2-4,7-8,10-11,16-17,19,23,27,29,31H,5-6,9,12-15H2,1H3. The predicted molar refractivity (Wildman–Crippen MR) is 124 cm³/mol. The monoisotopic (exact) mass is 433 g/mol. The van der Waals surface area contributed by atoms with E-state index in [2.05, 4.69) is 36.1 Å². The minimum Gasteiger partial charge on any atom is -0.512 e. The molecule has 2 aromatic carbocycles. The van der Waals surface area contributed by atoms with Crippen LogP contribution in [0, 0.1) is 0 Å². The van der Waals surface area contributed by atoms with E-state index in [4.69, 9.17) is 4.74 Å². The van der Waals surface area contributed by atoms with Gasteiger partial charge in [0.2, 0.25) is 0 Å². The average Bonchev–Trinajstić information content (AvgIpc) is 3.16. The Balaban J connectivity index is 1.36. The first-order valence-electron chi connectivity index (χ1n) is 11.7. The van der Waals surface area contributed by atoms with Crippen LogP contribution in [0.25, 0.3) is 5.57 Å². The van der Waals surface area contributed by atoms with Gasteiger partial charge in [0.05, 0.1) is 18.2 Å². The van der Waals surface area contributed by atoms with Gasteiger partial charge in [-0.1, -0.05) is 36.4 Å². The van der Waals surface area contributed by atoms with Crippen molar-refractivity contribution in [1.29, 1.82) is 0 Å². The summed E-state index contributed by atoms with van der Waals surface area (Å²) in [5, 5.41) is 21.0. The summed E-state index contributed by atoms with van der Waals surface area (Å²) in [5.41, 5.74) is 4.06. The number of hydrogen-bond donors (Lipinski definition) is 2. The van der Waals surface area contributed by atoms with Crippen molar-refractivity contribution in [2.75, 3.05) is 6.54 Å². The number of benzene rings is 2. The molecule has 2 heterocycles. The van der Waals surface area contributed by atoms with Gasteiger partial charge in [-0.25, -0.2) is 0 Å². The summed E-state index contributed by atoms with van der Waals surface area (Å²) in [5.74, 6) is 1.22. The summed E-state index contributed by atoms with van der Waals surface area (Å²) in [6.07, 6.45) is 3.84. The van der Waals surface area contributed by atoms with Crippen LogP contribution < -0.4 is 4.74 Å². The van der Waals surface area contributed by atoms with Crippen LogP contribution in [0.1, 0.15) is 61.8 Å². The van der Waals surface area contributed by atoms with Gasteiger partial charge in [0.1, 0.15) is 11.5 Å². The third-order valence-corrected chi connectivity index (χ3v) is 7.09. The number of carbonyl (C=O) groups is 1. The SMILES string of the molecule is CC(CCCc1ccccc1)Oc1ccc2c(c1)C1=C(O)CC(O)CC1N1CCC(=O)C21. The van der Waals surface area contributed by atoms with E-state index in [0.717, 1.165) is 41.7 Å². The van der Waals surface area contributed by atoms with Crippen LogP contribution in [0.3, 0.4) is 0 Å². The van der Waals surface area contributed by atoms with E-state index in [1.165, 1.54) is 5.56 Å². The van der Waals surface area contributed by atoms with Crippen molar-refractivity contribution in [2.24, 2.45) is 0 Å². The molecule has 32 heavy (non-hydrogen) atoms. The molecule has 2 aromatic rings. The highest BCUT2D eigenvalue weighted by atomic mass is 16.5. The third kappa shape index (κ3) is 3.96. The largest absolute Gasteiger partial charge is 0.512 e. The molecule has 1 aliphatic carbocycles. The van der Waals surface area contributed by atoms with Gasteiger partial charge in [-0.3, -0.25) is 9.69 Å². The van der Waals surface area contributed by atoms with Gasteiger partial charge in [0.15, 0.2) is 5.78 Å². The van der Waals surface area contributed by atoms with Crippen LogP contribution in [-0.4, -0.2) is 45.7 Å². The Morgan fingerprint density at radius 2 is 2.00 bits per heavy atom. The van der Waals surface area contributed by atoms with Gasteiger partial charge >= 0.3 is 0 Å². The zero-order chi connectivity index (χ0) is 22.2. The lowest BCUT2D eigenvalue weighted by Crippen LogP contribution is -2.45. The lowest BCUT2D eigenvalue weighted by Gasteiger charge is -2.43. The smallest absolute Gasteiger partial charge is 0.155 e. The first kappa shape index (κ1) is 21.2. The van der Waals surface area contributed by atoms with E-state index in [0.29, 0.717) is 19.4 Å². The number of Topliss-reactive ketones (excluding diaryl/α,β-unsaturated/α-hetero) is 1. The van der Waals surface area contributed by atoms with Crippen LogP contribution >= 0.6 is 0 Å². The number of aliphatic hydroxyl groups excluding tert-OH is 2. The molecular weight excluding hydrogens is 402 g/mol. The van der Waals surface area contributed by atoms with Crippen molar-refractivity contribution in [1.82, 2.24) is 4.90 Å². The van der Waals surface area contributed by atoms with Gasteiger partial charge in [-0.2, -0.15) is 0 Å². The van der Waals surface area contributed by atoms with Crippen LogP contribution in [0.2, 0.25) is 0 Å². The summed E-state index contributed by atoms with van der Waals surface area (Å²) in [6.45, 7) is 2.76. The Bertz CT molecular complexity index is 1030. The van der Waals surface area contributed by atoms with Gasteiger partial charge in [0, 0.05) is 31.0 Å². The second-order valence-electron chi connectivity index (χ2n) is 9.38. The molecule has 4 unspecified atom stereocenters. The zero-order valence-corrected chi connectivity index (χ0v) is 18.5. The lowest BCUT2D eigenvalue weighted by atomic mass is 9.78. The number of ketones is 1. The van der Waals surface area contributed by atoms with E-state index in [1.807, 2.05) is 24.3 Å². The molecule has 0 bridgehead atoms. The van der Waals surface area contributed by atoms with Crippen molar-refractivity contribution in [3.63, 3.8) is 0 Å². The fourth-order valence-corrected chi connectivity index (χ4v) is 5.61. The van der Waals surface area contributed by atoms with E-state index in [9.17, 15) is 15.0 Å².